The van der Waals surface area contributed by atoms with E-state index in [1.165, 1.54) is 0 Å². The molecule has 0 aromatic heterocycles. The molecule has 3 nitrogen and oxygen atoms in total. The monoisotopic (exact) mass is 228 g/mol. The molecule has 0 radical (unpaired) electrons. The van der Waals surface area contributed by atoms with Crippen molar-refractivity contribution >= 4 is 10.8 Å². The normalized spacial score (nSPS) is 12.2. The number of rotatable bonds is 5. The van der Waals surface area contributed by atoms with E-state index < -0.39 is 10.8 Å². The van der Waals surface area contributed by atoms with Gasteiger partial charge in [-0.25, -0.2) is 0 Å². The standard InChI is InChI=1S/C11H16O3S/c1-4-13-9-7-6-8-10(14-5-2)11(9)15(3)12/h6-8H,4-5H2,1-3H3. The molecule has 0 aliphatic heterocycles. The maximum Gasteiger partial charge on any atom is 0.139 e. The first-order chi connectivity index (χ1) is 7.20. The van der Waals surface area contributed by atoms with E-state index in [4.69, 9.17) is 9.47 Å². The predicted octanol–water partition coefficient (Wildman–Crippen LogP) is 2.22. The topological polar surface area (TPSA) is 35.5 Å². The second kappa shape index (κ2) is 5.75. The molecule has 1 atom stereocenters. The van der Waals surface area contributed by atoms with Crippen LogP contribution in [0, 0.1) is 0 Å². The molecule has 1 aromatic rings. The highest BCUT2D eigenvalue weighted by molar-refractivity contribution is 7.84. The van der Waals surface area contributed by atoms with E-state index in [0.717, 1.165) is 0 Å². The third kappa shape index (κ3) is 2.96. The number of hydrogen-bond acceptors (Lipinski definition) is 3. The molecular weight excluding hydrogens is 212 g/mol. The van der Waals surface area contributed by atoms with E-state index in [-0.39, 0.29) is 0 Å². The summed E-state index contributed by atoms with van der Waals surface area (Å²) in [7, 11) is -1.11. The summed E-state index contributed by atoms with van der Waals surface area (Å²) in [6.45, 7) is 4.91. The fourth-order valence-corrected chi connectivity index (χ4v) is 2.14. The largest absolute Gasteiger partial charge is 0.492 e. The highest BCUT2D eigenvalue weighted by atomic mass is 32.2. The molecule has 0 aliphatic rings. The van der Waals surface area contributed by atoms with Crippen molar-refractivity contribution < 1.29 is 13.7 Å². The SMILES string of the molecule is CCOc1cccc(OCC)c1S(C)=O. The first-order valence-corrected chi connectivity index (χ1v) is 6.48. The fourth-order valence-electron chi connectivity index (χ4n) is 1.32. The van der Waals surface area contributed by atoms with Crippen LogP contribution >= 0.6 is 0 Å². The lowest BCUT2D eigenvalue weighted by molar-refractivity contribution is 0.308. The van der Waals surface area contributed by atoms with Gasteiger partial charge in [0.15, 0.2) is 0 Å². The second-order valence-corrected chi connectivity index (χ2v) is 4.22. The number of hydrogen-bond donors (Lipinski definition) is 0. The zero-order chi connectivity index (χ0) is 11.3. The van der Waals surface area contributed by atoms with Gasteiger partial charge in [0.2, 0.25) is 0 Å². The average Bonchev–Trinajstić information content (AvgIpc) is 2.18. The summed E-state index contributed by atoms with van der Waals surface area (Å²) in [5.41, 5.74) is 0. The number of benzene rings is 1. The molecule has 0 spiro atoms. The fraction of sp³-hybridized carbons (Fsp3) is 0.455. The molecule has 1 rings (SSSR count). The van der Waals surface area contributed by atoms with Gasteiger partial charge in [-0.15, -0.1) is 0 Å². The van der Waals surface area contributed by atoms with E-state index in [9.17, 15) is 4.21 Å². The molecule has 0 fully saturated rings. The molecule has 0 amide bonds. The highest BCUT2D eigenvalue weighted by Gasteiger charge is 2.13. The summed E-state index contributed by atoms with van der Waals surface area (Å²) in [4.78, 5) is 0.640. The quantitative estimate of drug-likeness (QED) is 0.775. The van der Waals surface area contributed by atoms with E-state index >= 15 is 0 Å². The van der Waals surface area contributed by atoms with Crippen LogP contribution in [0.2, 0.25) is 0 Å². The smallest absolute Gasteiger partial charge is 0.139 e. The molecule has 0 heterocycles. The van der Waals surface area contributed by atoms with Crippen molar-refractivity contribution in [3.63, 3.8) is 0 Å². The molecule has 0 saturated carbocycles. The van der Waals surface area contributed by atoms with Gasteiger partial charge in [-0.2, -0.15) is 0 Å². The summed E-state index contributed by atoms with van der Waals surface area (Å²) < 4.78 is 22.4. The lowest BCUT2D eigenvalue weighted by Gasteiger charge is -2.12. The second-order valence-electron chi connectivity index (χ2n) is 2.90. The lowest BCUT2D eigenvalue weighted by atomic mass is 10.3. The maximum absolute atomic E-state index is 11.6. The first kappa shape index (κ1) is 12.0. The minimum atomic E-state index is -1.11. The Morgan fingerprint density at radius 1 is 1.13 bits per heavy atom. The van der Waals surface area contributed by atoms with Crippen molar-refractivity contribution in [3.8, 4) is 11.5 Å². The van der Waals surface area contributed by atoms with Crippen molar-refractivity contribution in [2.45, 2.75) is 18.7 Å². The highest BCUT2D eigenvalue weighted by Crippen LogP contribution is 2.31. The van der Waals surface area contributed by atoms with Gasteiger partial charge >= 0.3 is 0 Å². The van der Waals surface area contributed by atoms with Gasteiger partial charge in [-0.3, -0.25) is 4.21 Å². The van der Waals surface area contributed by atoms with Crippen LogP contribution in [-0.4, -0.2) is 23.7 Å². The first-order valence-electron chi connectivity index (χ1n) is 4.92. The molecule has 0 aliphatic carbocycles. The molecule has 0 saturated heterocycles. The summed E-state index contributed by atoms with van der Waals surface area (Å²) in [5.74, 6) is 1.29. The van der Waals surface area contributed by atoms with E-state index in [1.54, 1.807) is 6.26 Å². The summed E-state index contributed by atoms with van der Waals surface area (Å²) in [6.07, 6.45) is 1.63. The van der Waals surface area contributed by atoms with Gasteiger partial charge in [0, 0.05) is 6.26 Å². The minimum Gasteiger partial charge on any atom is -0.492 e. The zero-order valence-corrected chi connectivity index (χ0v) is 10.1. The molecule has 1 aromatic carbocycles. The van der Waals surface area contributed by atoms with Crippen molar-refractivity contribution in [2.75, 3.05) is 19.5 Å². The van der Waals surface area contributed by atoms with Crippen LogP contribution in [-0.2, 0) is 10.8 Å². The van der Waals surface area contributed by atoms with Crippen molar-refractivity contribution in [1.29, 1.82) is 0 Å². The summed E-state index contributed by atoms with van der Waals surface area (Å²) >= 11 is 0. The van der Waals surface area contributed by atoms with Crippen LogP contribution in [0.1, 0.15) is 13.8 Å². The molecule has 15 heavy (non-hydrogen) atoms. The molecule has 84 valence electrons. The predicted molar refractivity (Wildman–Crippen MR) is 61.1 cm³/mol. The van der Waals surface area contributed by atoms with Crippen LogP contribution in [0.3, 0.4) is 0 Å². The zero-order valence-electron chi connectivity index (χ0n) is 9.28. The molecule has 0 N–H and O–H groups in total. The van der Waals surface area contributed by atoms with Crippen LogP contribution < -0.4 is 9.47 Å². The van der Waals surface area contributed by atoms with Gasteiger partial charge in [0.05, 0.1) is 24.0 Å². The summed E-state index contributed by atoms with van der Waals surface area (Å²) in [5, 5.41) is 0. The summed E-state index contributed by atoms with van der Waals surface area (Å²) in [6, 6.07) is 5.46. The lowest BCUT2D eigenvalue weighted by Crippen LogP contribution is -2.02. The molecule has 1 unspecified atom stereocenters. The molecule has 4 heteroatoms. The van der Waals surface area contributed by atoms with Gasteiger partial charge in [0.1, 0.15) is 16.4 Å². The Balaban J connectivity index is 3.15. The number of ether oxygens (including phenoxy) is 2. The minimum absolute atomic E-state index is 0.555. The Labute approximate surface area is 92.9 Å². The van der Waals surface area contributed by atoms with Crippen molar-refractivity contribution in [1.82, 2.24) is 0 Å². The average molecular weight is 228 g/mol. The Morgan fingerprint density at radius 3 is 1.93 bits per heavy atom. The third-order valence-electron chi connectivity index (χ3n) is 1.83. The van der Waals surface area contributed by atoms with E-state index in [0.29, 0.717) is 29.6 Å². The maximum atomic E-state index is 11.6. The van der Waals surface area contributed by atoms with E-state index in [2.05, 4.69) is 0 Å². The Hall–Kier alpha value is -1.03. The van der Waals surface area contributed by atoms with Crippen LogP contribution in [0.4, 0.5) is 0 Å². The Morgan fingerprint density at radius 2 is 1.60 bits per heavy atom. The van der Waals surface area contributed by atoms with Crippen molar-refractivity contribution in [3.05, 3.63) is 18.2 Å². The van der Waals surface area contributed by atoms with E-state index in [1.807, 2.05) is 32.0 Å². The Bertz CT molecular complexity index is 325. The van der Waals surface area contributed by atoms with Crippen LogP contribution in [0.15, 0.2) is 23.1 Å². The van der Waals surface area contributed by atoms with Crippen LogP contribution in [0.25, 0.3) is 0 Å². The van der Waals surface area contributed by atoms with Crippen LogP contribution in [0.5, 0.6) is 11.5 Å². The third-order valence-corrected chi connectivity index (χ3v) is 2.81. The van der Waals surface area contributed by atoms with Gasteiger partial charge in [-0.05, 0) is 26.0 Å². The van der Waals surface area contributed by atoms with Crippen molar-refractivity contribution in [2.24, 2.45) is 0 Å². The van der Waals surface area contributed by atoms with Gasteiger partial charge in [0.25, 0.3) is 0 Å². The molecular formula is C11H16O3S. The Kier molecular flexibility index (Phi) is 4.62. The van der Waals surface area contributed by atoms with Gasteiger partial charge < -0.3 is 9.47 Å². The van der Waals surface area contributed by atoms with Gasteiger partial charge in [-0.1, -0.05) is 6.07 Å². The molecule has 0 bridgehead atoms.